The van der Waals surface area contributed by atoms with Crippen LogP contribution < -0.4 is 9.64 Å². The van der Waals surface area contributed by atoms with Crippen molar-refractivity contribution < 1.29 is 14.5 Å². The smallest absolute Gasteiger partial charge is 0.273 e. The van der Waals surface area contributed by atoms with E-state index in [9.17, 15) is 14.9 Å². The zero-order chi connectivity index (χ0) is 25.2. The number of aromatic nitrogens is 2. The summed E-state index contributed by atoms with van der Waals surface area (Å²) in [4.78, 5) is 37.8. The molecule has 3 aromatic rings. The average Bonchev–Trinajstić information content (AvgIpc) is 2.89. The molecule has 1 saturated heterocycles. The number of para-hydroxylation sites is 1. The van der Waals surface area contributed by atoms with Gasteiger partial charge in [-0.3, -0.25) is 14.9 Å². The molecule has 1 aromatic heterocycles. The van der Waals surface area contributed by atoms with E-state index in [2.05, 4.69) is 11.8 Å². The molecule has 1 amide bonds. The van der Waals surface area contributed by atoms with Gasteiger partial charge in [0.05, 0.1) is 22.7 Å². The number of hydrogen-bond acceptors (Lipinski definition) is 7. The van der Waals surface area contributed by atoms with Gasteiger partial charge in [-0.25, -0.2) is 4.98 Å². The number of rotatable bonds is 5. The van der Waals surface area contributed by atoms with Crippen molar-refractivity contribution in [1.82, 2.24) is 14.9 Å². The number of carbonyl (C=O) groups excluding carboxylic acids is 1. The summed E-state index contributed by atoms with van der Waals surface area (Å²) in [5.41, 5.74) is 2.40. The van der Waals surface area contributed by atoms with E-state index in [1.807, 2.05) is 30.3 Å². The van der Waals surface area contributed by atoms with Gasteiger partial charge in [-0.15, -0.1) is 0 Å². The Bertz CT molecular complexity index is 1290. The standard InChI is InChI=1S/C27H29N5O4/c1-18-10-13-30(14-11-18)27-28-23-12-15-31(26(33)20-9-8-19(2)24(16-20)32(34)35)17-22(23)25(29-27)36-21-6-4-3-5-7-21/h3-9,16,18H,10-15,17H2,1-2H3. The number of carbonyl (C=O) groups is 1. The monoisotopic (exact) mass is 487 g/mol. The lowest BCUT2D eigenvalue weighted by atomic mass is 9.99. The maximum Gasteiger partial charge on any atom is 0.273 e. The Morgan fingerprint density at radius 2 is 1.83 bits per heavy atom. The lowest BCUT2D eigenvalue weighted by Gasteiger charge is -2.33. The van der Waals surface area contributed by atoms with E-state index in [1.54, 1.807) is 24.0 Å². The van der Waals surface area contributed by atoms with Gasteiger partial charge in [-0.1, -0.05) is 31.2 Å². The lowest BCUT2D eigenvalue weighted by molar-refractivity contribution is -0.385. The number of hydrogen-bond donors (Lipinski definition) is 0. The fourth-order valence-corrected chi connectivity index (χ4v) is 4.70. The molecule has 9 nitrogen and oxygen atoms in total. The molecule has 0 unspecified atom stereocenters. The van der Waals surface area contributed by atoms with Gasteiger partial charge in [0.2, 0.25) is 11.8 Å². The molecule has 186 valence electrons. The highest BCUT2D eigenvalue weighted by Gasteiger charge is 2.30. The number of nitro groups is 1. The minimum Gasteiger partial charge on any atom is -0.438 e. The molecule has 5 rings (SSSR count). The number of anilines is 1. The number of aryl methyl sites for hydroxylation is 1. The van der Waals surface area contributed by atoms with E-state index >= 15 is 0 Å². The quantitative estimate of drug-likeness (QED) is 0.372. The SMILES string of the molecule is Cc1ccc(C(=O)N2CCc3nc(N4CCC(C)CC4)nc(Oc4ccccc4)c3C2)cc1[N+](=O)[O-]. The molecule has 36 heavy (non-hydrogen) atoms. The zero-order valence-electron chi connectivity index (χ0n) is 20.5. The molecule has 2 aliphatic heterocycles. The fraction of sp³-hybridized carbons (Fsp3) is 0.370. The third-order valence-electron chi connectivity index (χ3n) is 6.97. The van der Waals surface area contributed by atoms with E-state index < -0.39 is 4.92 Å². The summed E-state index contributed by atoms with van der Waals surface area (Å²) in [5.74, 6) is 2.21. The van der Waals surface area contributed by atoms with E-state index in [0.717, 1.165) is 37.2 Å². The highest BCUT2D eigenvalue weighted by molar-refractivity contribution is 5.95. The lowest BCUT2D eigenvalue weighted by Crippen LogP contribution is -2.38. The van der Waals surface area contributed by atoms with Gasteiger partial charge in [-0.05, 0) is 43.9 Å². The third kappa shape index (κ3) is 4.86. The highest BCUT2D eigenvalue weighted by Crippen LogP contribution is 2.33. The maximum atomic E-state index is 13.3. The molecule has 0 spiro atoms. The van der Waals surface area contributed by atoms with Gasteiger partial charge in [-0.2, -0.15) is 4.98 Å². The van der Waals surface area contributed by atoms with Crippen LogP contribution in [0.1, 0.15) is 46.9 Å². The van der Waals surface area contributed by atoms with Crippen molar-refractivity contribution in [2.75, 3.05) is 24.5 Å². The molecule has 0 N–H and O–H groups in total. The zero-order valence-corrected chi connectivity index (χ0v) is 20.5. The Kier molecular flexibility index (Phi) is 6.54. The second kappa shape index (κ2) is 9.93. The van der Waals surface area contributed by atoms with Crippen LogP contribution in [0, 0.1) is 23.0 Å². The molecule has 2 aliphatic rings. The van der Waals surface area contributed by atoms with Crippen molar-refractivity contribution in [1.29, 1.82) is 0 Å². The average molecular weight is 488 g/mol. The van der Waals surface area contributed by atoms with E-state index in [0.29, 0.717) is 47.6 Å². The molecule has 0 saturated carbocycles. The van der Waals surface area contributed by atoms with Crippen LogP contribution in [-0.4, -0.2) is 45.3 Å². The van der Waals surface area contributed by atoms with Crippen molar-refractivity contribution in [2.45, 2.75) is 39.7 Å². The number of ether oxygens (including phenoxy) is 1. The number of nitro benzene ring substituents is 1. The normalized spacial score (nSPS) is 15.9. The summed E-state index contributed by atoms with van der Waals surface area (Å²) >= 11 is 0. The summed E-state index contributed by atoms with van der Waals surface area (Å²) in [6, 6.07) is 14.1. The minimum atomic E-state index is -0.458. The number of fused-ring (bicyclic) bond motifs is 1. The van der Waals surface area contributed by atoms with Crippen molar-refractivity contribution in [3.8, 4) is 11.6 Å². The Morgan fingerprint density at radius 3 is 2.56 bits per heavy atom. The molecule has 0 bridgehead atoms. The molecular formula is C27H29N5O4. The molecule has 9 heteroatoms. The van der Waals surface area contributed by atoms with Gasteiger partial charge in [0, 0.05) is 43.2 Å². The topological polar surface area (TPSA) is 102 Å². The van der Waals surface area contributed by atoms with Gasteiger partial charge in [0.1, 0.15) is 5.75 Å². The van der Waals surface area contributed by atoms with E-state index in [4.69, 9.17) is 14.7 Å². The van der Waals surface area contributed by atoms with Gasteiger partial charge < -0.3 is 14.5 Å². The molecule has 0 aliphatic carbocycles. The van der Waals surface area contributed by atoms with Crippen LogP contribution in [0.15, 0.2) is 48.5 Å². The summed E-state index contributed by atoms with van der Waals surface area (Å²) in [6.45, 7) is 6.47. The summed E-state index contributed by atoms with van der Waals surface area (Å²) < 4.78 is 6.22. The second-order valence-electron chi connectivity index (χ2n) is 9.57. The molecule has 0 radical (unpaired) electrons. The predicted octanol–water partition coefficient (Wildman–Crippen LogP) is 4.92. The van der Waals surface area contributed by atoms with Crippen molar-refractivity contribution in [3.63, 3.8) is 0 Å². The first-order valence-corrected chi connectivity index (χ1v) is 12.3. The summed E-state index contributed by atoms with van der Waals surface area (Å²) in [6.07, 6.45) is 2.75. The largest absolute Gasteiger partial charge is 0.438 e. The van der Waals surface area contributed by atoms with Crippen LogP contribution >= 0.6 is 0 Å². The molecule has 1 fully saturated rings. The Labute approximate surface area is 209 Å². The van der Waals surface area contributed by atoms with Crippen LogP contribution in [0.25, 0.3) is 0 Å². The fourth-order valence-electron chi connectivity index (χ4n) is 4.70. The first kappa shape index (κ1) is 23.7. The predicted molar refractivity (Wildman–Crippen MR) is 135 cm³/mol. The molecule has 2 aromatic carbocycles. The van der Waals surface area contributed by atoms with Gasteiger partial charge in [0.25, 0.3) is 11.6 Å². The van der Waals surface area contributed by atoms with Crippen molar-refractivity contribution in [2.24, 2.45) is 5.92 Å². The molecular weight excluding hydrogens is 458 g/mol. The van der Waals surface area contributed by atoms with Crippen molar-refractivity contribution >= 4 is 17.5 Å². The van der Waals surface area contributed by atoms with Crippen LogP contribution in [0.2, 0.25) is 0 Å². The first-order valence-electron chi connectivity index (χ1n) is 12.3. The molecule has 3 heterocycles. The van der Waals surface area contributed by atoms with Gasteiger partial charge in [0.15, 0.2) is 0 Å². The summed E-state index contributed by atoms with van der Waals surface area (Å²) in [5, 5.41) is 11.4. The van der Waals surface area contributed by atoms with Gasteiger partial charge >= 0.3 is 0 Å². The van der Waals surface area contributed by atoms with Crippen LogP contribution in [0.5, 0.6) is 11.6 Å². The Hall–Kier alpha value is -4.01. The van der Waals surface area contributed by atoms with Crippen LogP contribution in [-0.2, 0) is 13.0 Å². The second-order valence-corrected chi connectivity index (χ2v) is 9.57. The maximum absolute atomic E-state index is 13.3. The van der Waals surface area contributed by atoms with E-state index in [1.165, 1.54) is 6.07 Å². The summed E-state index contributed by atoms with van der Waals surface area (Å²) in [7, 11) is 0. The number of benzene rings is 2. The number of nitrogens with zero attached hydrogens (tertiary/aromatic N) is 5. The van der Waals surface area contributed by atoms with Crippen LogP contribution in [0.4, 0.5) is 11.6 Å². The molecule has 0 atom stereocenters. The highest BCUT2D eigenvalue weighted by atomic mass is 16.6. The van der Waals surface area contributed by atoms with E-state index in [-0.39, 0.29) is 18.1 Å². The van der Waals surface area contributed by atoms with Crippen LogP contribution in [0.3, 0.4) is 0 Å². The Morgan fingerprint density at radius 1 is 1.08 bits per heavy atom. The minimum absolute atomic E-state index is 0.0600. The number of piperidine rings is 1. The Balaban J connectivity index is 1.46. The third-order valence-corrected chi connectivity index (χ3v) is 6.97. The number of amides is 1. The first-order chi connectivity index (χ1) is 17.4. The van der Waals surface area contributed by atoms with Crippen molar-refractivity contribution in [3.05, 3.63) is 81.0 Å².